The first-order valence-electron chi connectivity index (χ1n) is 6.06. The molecule has 0 aromatic carbocycles. The third-order valence-corrected chi connectivity index (χ3v) is 7.01. The Morgan fingerprint density at radius 3 is 3.00 bits per heavy atom. The SMILES string of the molecule is CNCc1cc(S(=O)(=O)N2CCCOCC2)c(Br)s1. The number of rotatable bonds is 4. The van der Waals surface area contributed by atoms with Crippen LogP contribution in [0.4, 0.5) is 0 Å². The van der Waals surface area contributed by atoms with Gasteiger partial charge in [0, 0.05) is 31.1 Å². The van der Waals surface area contributed by atoms with Crippen molar-refractivity contribution < 1.29 is 13.2 Å². The molecule has 5 nitrogen and oxygen atoms in total. The molecule has 0 spiro atoms. The molecule has 0 unspecified atom stereocenters. The number of nitrogens with zero attached hydrogens (tertiary/aromatic N) is 1. The van der Waals surface area contributed by atoms with E-state index in [4.69, 9.17) is 4.74 Å². The van der Waals surface area contributed by atoms with E-state index in [2.05, 4.69) is 21.2 Å². The normalized spacial score (nSPS) is 18.4. The molecule has 1 aromatic rings. The first kappa shape index (κ1) is 15.4. The lowest BCUT2D eigenvalue weighted by atomic mass is 10.5. The predicted octanol–water partition coefficient (Wildman–Crippen LogP) is 1.64. The van der Waals surface area contributed by atoms with Crippen LogP contribution in [0.15, 0.2) is 14.7 Å². The summed E-state index contributed by atoms with van der Waals surface area (Å²) in [6.07, 6.45) is 0.740. The lowest BCUT2D eigenvalue weighted by Crippen LogP contribution is -2.33. The van der Waals surface area contributed by atoms with Crippen LogP contribution in [-0.2, 0) is 21.3 Å². The van der Waals surface area contributed by atoms with E-state index >= 15 is 0 Å². The van der Waals surface area contributed by atoms with E-state index in [-0.39, 0.29) is 0 Å². The maximum absolute atomic E-state index is 12.6. The van der Waals surface area contributed by atoms with Gasteiger partial charge in [-0.25, -0.2) is 8.42 Å². The first-order valence-corrected chi connectivity index (χ1v) is 9.11. The summed E-state index contributed by atoms with van der Waals surface area (Å²) in [5, 5.41) is 3.03. The third-order valence-electron chi connectivity index (χ3n) is 2.86. The topological polar surface area (TPSA) is 58.6 Å². The fraction of sp³-hybridized carbons (Fsp3) is 0.636. The Morgan fingerprint density at radius 2 is 2.26 bits per heavy atom. The molecule has 0 atom stereocenters. The lowest BCUT2D eigenvalue weighted by Gasteiger charge is -2.18. The average Bonchev–Trinajstić information content (AvgIpc) is 2.60. The predicted molar refractivity (Wildman–Crippen MR) is 79.0 cm³/mol. The summed E-state index contributed by atoms with van der Waals surface area (Å²) in [6, 6.07) is 1.74. The van der Waals surface area contributed by atoms with E-state index in [1.165, 1.54) is 15.6 Å². The van der Waals surface area contributed by atoms with Crippen molar-refractivity contribution in [1.29, 1.82) is 0 Å². The van der Waals surface area contributed by atoms with Crippen LogP contribution >= 0.6 is 27.3 Å². The summed E-state index contributed by atoms with van der Waals surface area (Å²) >= 11 is 4.81. The van der Waals surface area contributed by atoms with E-state index in [1.807, 2.05) is 7.05 Å². The summed E-state index contributed by atoms with van der Waals surface area (Å²) in [4.78, 5) is 1.36. The summed E-state index contributed by atoms with van der Waals surface area (Å²) < 4.78 is 32.7. The molecule has 2 heterocycles. The Morgan fingerprint density at radius 1 is 1.47 bits per heavy atom. The molecule has 1 N–H and O–H groups in total. The Balaban J connectivity index is 2.27. The van der Waals surface area contributed by atoms with Crippen LogP contribution < -0.4 is 5.32 Å². The molecule has 0 amide bonds. The standard InChI is InChI=1S/C11H17BrN2O3S2/c1-13-8-9-7-10(11(12)18-9)19(15,16)14-3-2-5-17-6-4-14/h7,13H,2-6,8H2,1H3. The minimum Gasteiger partial charge on any atom is -0.380 e. The second-order valence-electron chi connectivity index (χ2n) is 4.25. The molecule has 19 heavy (non-hydrogen) atoms. The van der Waals surface area contributed by atoms with Gasteiger partial charge in [0.05, 0.1) is 10.4 Å². The molecule has 1 saturated heterocycles. The van der Waals surface area contributed by atoms with Gasteiger partial charge in [-0.15, -0.1) is 11.3 Å². The highest BCUT2D eigenvalue weighted by molar-refractivity contribution is 9.11. The van der Waals surface area contributed by atoms with Gasteiger partial charge < -0.3 is 10.1 Å². The van der Waals surface area contributed by atoms with E-state index in [9.17, 15) is 8.42 Å². The van der Waals surface area contributed by atoms with Crippen molar-refractivity contribution >= 4 is 37.3 Å². The fourth-order valence-corrected chi connectivity index (χ4v) is 6.04. The molecule has 2 rings (SSSR count). The zero-order valence-corrected chi connectivity index (χ0v) is 13.9. The van der Waals surface area contributed by atoms with Gasteiger partial charge in [0.15, 0.2) is 0 Å². The molecule has 8 heteroatoms. The van der Waals surface area contributed by atoms with Crippen LogP contribution in [0, 0.1) is 0 Å². The van der Waals surface area contributed by atoms with Crippen molar-refractivity contribution in [2.75, 3.05) is 33.4 Å². The molecule has 1 aliphatic rings. The molecule has 1 aromatic heterocycles. The number of thiophene rings is 1. The van der Waals surface area contributed by atoms with Gasteiger partial charge in [0.2, 0.25) is 10.0 Å². The number of hydrogen-bond donors (Lipinski definition) is 1. The summed E-state index contributed by atoms with van der Waals surface area (Å²) in [7, 11) is -1.58. The quantitative estimate of drug-likeness (QED) is 0.877. The summed E-state index contributed by atoms with van der Waals surface area (Å²) in [5.74, 6) is 0. The molecular formula is C11H17BrN2O3S2. The zero-order chi connectivity index (χ0) is 13.9. The number of hydrogen-bond acceptors (Lipinski definition) is 5. The van der Waals surface area contributed by atoms with Crippen LogP contribution in [0.1, 0.15) is 11.3 Å². The summed E-state index contributed by atoms with van der Waals surface area (Å²) in [5.41, 5.74) is 0. The van der Waals surface area contributed by atoms with Crippen molar-refractivity contribution in [3.63, 3.8) is 0 Å². The molecule has 1 aliphatic heterocycles. The van der Waals surface area contributed by atoms with Gasteiger partial charge >= 0.3 is 0 Å². The highest BCUT2D eigenvalue weighted by Crippen LogP contribution is 2.33. The second kappa shape index (κ2) is 6.64. The zero-order valence-electron chi connectivity index (χ0n) is 10.7. The summed E-state index contributed by atoms with van der Waals surface area (Å²) in [6.45, 7) is 2.70. The average molecular weight is 369 g/mol. The number of halogens is 1. The highest BCUT2D eigenvalue weighted by atomic mass is 79.9. The van der Waals surface area contributed by atoms with Gasteiger partial charge in [-0.1, -0.05) is 0 Å². The van der Waals surface area contributed by atoms with Crippen molar-refractivity contribution in [1.82, 2.24) is 9.62 Å². The van der Waals surface area contributed by atoms with Crippen LogP contribution in [0.5, 0.6) is 0 Å². The van der Waals surface area contributed by atoms with Gasteiger partial charge in [-0.05, 0) is 35.5 Å². The van der Waals surface area contributed by atoms with Gasteiger partial charge in [0.25, 0.3) is 0 Å². The fourth-order valence-electron chi connectivity index (χ4n) is 1.94. The van der Waals surface area contributed by atoms with Gasteiger partial charge in [-0.3, -0.25) is 0 Å². The minimum atomic E-state index is -3.42. The number of sulfonamides is 1. The molecule has 1 fully saturated rings. The van der Waals surface area contributed by atoms with Crippen LogP contribution in [0.3, 0.4) is 0 Å². The molecule has 0 bridgehead atoms. The Kier molecular flexibility index (Phi) is 5.38. The van der Waals surface area contributed by atoms with Crippen molar-refractivity contribution in [3.05, 3.63) is 14.7 Å². The largest absolute Gasteiger partial charge is 0.380 e. The van der Waals surface area contributed by atoms with Gasteiger partial charge in [-0.2, -0.15) is 4.31 Å². The third kappa shape index (κ3) is 3.56. The van der Waals surface area contributed by atoms with E-state index < -0.39 is 10.0 Å². The minimum absolute atomic E-state index is 0.365. The van der Waals surface area contributed by atoms with Crippen molar-refractivity contribution in [2.24, 2.45) is 0 Å². The van der Waals surface area contributed by atoms with Crippen molar-refractivity contribution in [2.45, 2.75) is 17.9 Å². The van der Waals surface area contributed by atoms with Crippen LogP contribution in [0.25, 0.3) is 0 Å². The van der Waals surface area contributed by atoms with Crippen LogP contribution in [0.2, 0.25) is 0 Å². The van der Waals surface area contributed by atoms with E-state index in [0.717, 1.165) is 11.3 Å². The Bertz CT molecular complexity index is 522. The lowest BCUT2D eigenvalue weighted by molar-refractivity contribution is 0.148. The van der Waals surface area contributed by atoms with Gasteiger partial charge in [0.1, 0.15) is 4.90 Å². The Labute approximate surface area is 126 Å². The number of ether oxygens (including phenoxy) is 1. The first-order chi connectivity index (χ1) is 9.05. The maximum atomic E-state index is 12.6. The molecule has 108 valence electrons. The van der Waals surface area contributed by atoms with Crippen LogP contribution in [-0.4, -0.2) is 46.1 Å². The second-order valence-corrected chi connectivity index (χ2v) is 8.61. The van der Waals surface area contributed by atoms with E-state index in [0.29, 0.717) is 41.5 Å². The smallest absolute Gasteiger partial charge is 0.245 e. The molecule has 0 aliphatic carbocycles. The molecular weight excluding hydrogens is 352 g/mol. The van der Waals surface area contributed by atoms with Crippen molar-refractivity contribution in [3.8, 4) is 0 Å². The maximum Gasteiger partial charge on any atom is 0.245 e. The molecule has 0 saturated carbocycles. The number of nitrogens with one attached hydrogen (secondary N) is 1. The Hall–Kier alpha value is 0.01000. The highest BCUT2D eigenvalue weighted by Gasteiger charge is 2.28. The molecule has 0 radical (unpaired) electrons. The van der Waals surface area contributed by atoms with E-state index in [1.54, 1.807) is 6.07 Å². The monoisotopic (exact) mass is 368 g/mol.